The molecule has 1 aromatic rings. The SMILES string of the molecule is CC(=O)C1=C(C)NC(=S)N[C@H]1c1cc(Br)ccc1OCC(=O)O. The number of hydrogen-bond donors (Lipinski definition) is 3. The number of thiocarbonyl (C=S) groups is 1. The lowest BCUT2D eigenvalue weighted by molar-refractivity contribution is -0.139. The smallest absolute Gasteiger partial charge is 0.341 e. The predicted molar refractivity (Wildman–Crippen MR) is 92.3 cm³/mol. The molecule has 8 heteroatoms. The van der Waals surface area contributed by atoms with Crippen molar-refractivity contribution in [3.05, 3.63) is 39.5 Å². The third kappa shape index (κ3) is 4.08. The van der Waals surface area contributed by atoms with Gasteiger partial charge in [-0.05, 0) is 44.3 Å². The normalized spacial score (nSPS) is 17.3. The summed E-state index contributed by atoms with van der Waals surface area (Å²) in [6, 6.07) is 4.66. The van der Waals surface area contributed by atoms with E-state index in [2.05, 4.69) is 26.6 Å². The van der Waals surface area contributed by atoms with Gasteiger partial charge in [0.1, 0.15) is 5.75 Å². The van der Waals surface area contributed by atoms with E-state index in [0.29, 0.717) is 27.7 Å². The largest absolute Gasteiger partial charge is 0.482 e. The fourth-order valence-corrected chi connectivity index (χ4v) is 3.06. The Labute approximate surface area is 147 Å². The van der Waals surface area contributed by atoms with Crippen molar-refractivity contribution >= 4 is 45.0 Å². The maximum Gasteiger partial charge on any atom is 0.341 e. The number of aliphatic carboxylic acids is 1. The molecule has 0 aromatic heterocycles. The summed E-state index contributed by atoms with van der Waals surface area (Å²) >= 11 is 8.55. The second kappa shape index (κ2) is 7.10. The first-order chi connectivity index (χ1) is 10.8. The number of rotatable bonds is 5. The highest BCUT2D eigenvalue weighted by molar-refractivity contribution is 9.10. The van der Waals surface area contributed by atoms with Crippen molar-refractivity contribution in [2.75, 3.05) is 6.61 Å². The van der Waals surface area contributed by atoms with Crippen molar-refractivity contribution in [2.24, 2.45) is 0 Å². The van der Waals surface area contributed by atoms with E-state index < -0.39 is 18.6 Å². The van der Waals surface area contributed by atoms with E-state index in [9.17, 15) is 9.59 Å². The highest BCUT2D eigenvalue weighted by atomic mass is 79.9. The Bertz CT molecular complexity index is 717. The van der Waals surface area contributed by atoms with Gasteiger partial charge in [0.25, 0.3) is 0 Å². The molecule has 0 aliphatic carbocycles. The van der Waals surface area contributed by atoms with Crippen molar-refractivity contribution in [2.45, 2.75) is 19.9 Å². The molecule has 6 nitrogen and oxygen atoms in total. The molecule has 1 heterocycles. The predicted octanol–water partition coefficient (Wildman–Crippen LogP) is 2.29. The minimum Gasteiger partial charge on any atom is -0.482 e. The molecule has 0 unspecified atom stereocenters. The van der Waals surface area contributed by atoms with Gasteiger partial charge in [-0.1, -0.05) is 15.9 Å². The Morgan fingerprint density at radius 1 is 1.43 bits per heavy atom. The minimum atomic E-state index is -1.08. The number of benzene rings is 1. The fraction of sp³-hybridized carbons (Fsp3) is 0.267. The molecule has 2 rings (SSSR count). The molecule has 0 saturated carbocycles. The van der Waals surface area contributed by atoms with Gasteiger partial charge in [0.05, 0.1) is 6.04 Å². The van der Waals surface area contributed by atoms with Crippen molar-refractivity contribution in [1.82, 2.24) is 10.6 Å². The zero-order chi connectivity index (χ0) is 17.1. The Balaban J connectivity index is 2.51. The summed E-state index contributed by atoms with van der Waals surface area (Å²) in [4.78, 5) is 22.8. The van der Waals surface area contributed by atoms with Crippen molar-refractivity contribution in [3.8, 4) is 5.75 Å². The van der Waals surface area contributed by atoms with Gasteiger partial charge in [-0.3, -0.25) is 4.79 Å². The lowest BCUT2D eigenvalue weighted by Crippen LogP contribution is -2.44. The third-order valence-electron chi connectivity index (χ3n) is 3.28. The van der Waals surface area contributed by atoms with Crippen molar-refractivity contribution in [1.29, 1.82) is 0 Å². The maximum absolute atomic E-state index is 12.0. The topological polar surface area (TPSA) is 87.7 Å². The Morgan fingerprint density at radius 3 is 2.74 bits per heavy atom. The van der Waals surface area contributed by atoms with Gasteiger partial charge in [0.15, 0.2) is 17.5 Å². The lowest BCUT2D eigenvalue weighted by atomic mass is 9.92. The van der Waals surface area contributed by atoms with Gasteiger partial charge in [0.2, 0.25) is 0 Å². The maximum atomic E-state index is 12.0. The molecule has 0 radical (unpaired) electrons. The molecule has 1 aliphatic rings. The first kappa shape index (κ1) is 17.4. The molecule has 0 bridgehead atoms. The summed E-state index contributed by atoms with van der Waals surface area (Å²) in [6.45, 7) is 2.77. The number of ether oxygens (including phenoxy) is 1. The molecule has 0 saturated heterocycles. The molecule has 3 N–H and O–H groups in total. The van der Waals surface area contributed by atoms with Crippen LogP contribution in [0.2, 0.25) is 0 Å². The number of carbonyl (C=O) groups is 2. The van der Waals surface area contributed by atoms with E-state index in [0.717, 1.165) is 4.47 Å². The summed E-state index contributed by atoms with van der Waals surface area (Å²) in [7, 11) is 0. The molecule has 0 amide bonds. The summed E-state index contributed by atoms with van der Waals surface area (Å²) < 4.78 is 6.13. The van der Waals surface area contributed by atoms with Crippen LogP contribution in [-0.2, 0) is 9.59 Å². The van der Waals surface area contributed by atoms with E-state index in [1.54, 1.807) is 25.1 Å². The van der Waals surface area contributed by atoms with Crippen LogP contribution in [0.5, 0.6) is 5.75 Å². The molecular weight excluding hydrogens is 384 g/mol. The zero-order valence-corrected chi connectivity index (χ0v) is 14.9. The number of Topliss-reactive ketones (excluding diaryl/α,β-unsaturated/α-hetero) is 1. The second-order valence-electron chi connectivity index (χ2n) is 4.99. The van der Waals surface area contributed by atoms with Crippen LogP contribution in [0.15, 0.2) is 33.9 Å². The van der Waals surface area contributed by atoms with Crippen LogP contribution in [-0.4, -0.2) is 28.6 Å². The van der Waals surface area contributed by atoms with Crippen LogP contribution in [0.25, 0.3) is 0 Å². The number of halogens is 1. The van der Waals surface area contributed by atoms with Crippen LogP contribution < -0.4 is 15.4 Å². The molecular formula is C15H15BrN2O4S. The number of hydrogen-bond acceptors (Lipinski definition) is 4. The summed E-state index contributed by atoms with van der Waals surface area (Å²) in [5, 5.41) is 15.2. The third-order valence-corrected chi connectivity index (χ3v) is 4.00. The number of carboxylic acid groups (broad SMARTS) is 1. The average molecular weight is 399 g/mol. The first-order valence-electron chi connectivity index (χ1n) is 6.73. The van der Waals surface area contributed by atoms with Gasteiger partial charge < -0.3 is 20.5 Å². The van der Waals surface area contributed by atoms with Crippen LogP contribution in [0.1, 0.15) is 25.5 Å². The van der Waals surface area contributed by atoms with Crippen LogP contribution >= 0.6 is 28.1 Å². The van der Waals surface area contributed by atoms with Crippen LogP contribution in [0.3, 0.4) is 0 Å². The Morgan fingerprint density at radius 2 is 2.13 bits per heavy atom. The van der Waals surface area contributed by atoms with Gasteiger partial charge in [-0.15, -0.1) is 0 Å². The summed E-state index contributed by atoms with van der Waals surface area (Å²) in [5.41, 5.74) is 1.82. The van der Waals surface area contributed by atoms with Crippen LogP contribution in [0, 0.1) is 0 Å². The zero-order valence-electron chi connectivity index (χ0n) is 12.5. The standard InChI is InChI=1S/C15H15BrN2O4S/c1-7-13(8(2)19)14(18-15(23)17-7)10-5-9(16)3-4-11(10)22-6-12(20)21/h3-5,14H,6H2,1-2H3,(H,20,21)(H2,17,18,23)/t14-/m0/s1. The first-order valence-corrected chi connectivity index (χ1v) is 7.93. The molecule has 0 spiro atoms. The quantitative estimate of drug-likeness (QED) is 0.655. The molecule has 1 aromatic carbocycles. The van der Waals surface area contributed by atoms with Gasteiger partial charge in [-0.2, -0.15) is 0 Å². The summed E-state index contributed by atoms with van der Waals surface area (Å²) in [6.07, 6.45) is 0. The number of nitrogens with one attached hydrogen (secondary N) is 2. The summed E-state index contributed by atoms with van der Waals surface area (Å²) in [5.74, 6) is -0.810. The van der Waals surface area contributed by atoms with E-state index in [1.165, 1.54) is 6.92 Å². The average Bonchev–Trinajstić information content (AvgIpc) is 2.44. The number of carbonyl (C=O) groups excluding carboxylic acids is 1. The molecule has 122 valence electrons. The van der Waals surface area contributed by atoms with E-state index in [4.69, 9.17) is 22.1 Å². The highest BCUT2D eigenvalue weighted by Crippen LogP contribution is 2.35. The number of ketones is 1. The van der Waals surface area contributed by atoms with Gasteiger partial charge in [0, 0.05) is 21.3 Å². The van der Waals surface area contributed by atoms with E-state index in [-0.39, 0.29) is 5.78 Å². The van der Waals surface area contributed by atoms with E-state index in [1.807, 2.05) is 0 Å². The lowest BCUT2D eigenvalue weighted by Gasteiger charge is -2.30. The van der Waals surface area contributed by atoms with Crippen LogP contribution in [0.4, 0.5) is 0 Å². The molecule has 23 heavy (non-hydrogen) atoms. The molecule has 1 aliphatic heterocycles. The van der Waals surface area contributed by atoms with E-state index >= 15 is 0 Å². The highest BCUT2D eigenvalue weighted by Gasteiger charge is 2.30. The van der Waals surface area contributed by atoms with Crippen molar-refractivity contribution in [3.63, 3.8) is 0 Å². The van der Waals surface area contributed by atoms with Crippen molar-refractivity contribution < 1.29 is 19.4 Å². The minimum absolute atomic E-state index is 0.112. The molecule has 0 fully saturated rings. The fourth-order valence-electron chi connectivity index (χ4n) is 2.41. The van der Waals surface area contributed by atoms with Gasteiger partial charge in [-0.25, -0.2) is 4.79 Å². The number of allylic oxidation sites excluding steroid dienone is 1. The Hall–Kier alpha value is -1.93. The molecule has 1 atom stereocenters. The number of carboxylic acids is 1. The second-order valence-corrected chi connectivity index (χ2v) is 6.31. The van der Waals surface area contributed by atoms with Gasteiger partial charge >= 0.3 is 5.97 Å². The monoisotopic (exact) mass is 398 g/mol. The Kier molecular flexibility index (Phi) is 5.38.